The van der Waals surface area contributed by atoms with Crippen molar-refractivity contribution < 1.29 is 14.3 Å². The number of hydrogen-bond donors (Lipinski definition) is 2. The molecule has 4 rings (SSSR count). The number of anilines is 2. The van der Waals surface area contributed by atoms with Crippen LogP contribution in [0.15, 0.2) is 67.1 Å². The molecule has 0 aliphatic carbocycles. The molecular weight excluding hydrogens is 433 g/mol. The predicted molar refractivity (Wildman–Crippen MR) is 121 cm³/mol. The van der Waals surface area contributed by atoms with Gasteiger partial charge in [0, 0.05) is 35.9 Å². The third-order valence-corrected chi connectivity index (χ3v) is 4.90. The molecule has 2 aromatic heterocycles. The van der Waals surface area contributed by atoms with Crippen LogP contribution < -0.4 is 5.32 Å². The Kier molecular flexibility index (Phi) is 5.96. The van der Waals surface area contributed by atoms with Gasteiger partial charge in [-0.2, -0.15) is 4.98 Å². The highest BCUT2D eigenvalue weighted by Crippen LogP contribution is 2.29. The average Bonchev–Trinajstić information content (AvgIpc) is 3.21. The zero-order valence-corrected chi connectivity index (χ0v) is 17.6. The molecule has 160 valence electrons. The molecule has 0 aliphatic rings. The van der Waals surface area contributed by atoms with Gasteiger partial charge in [0.1, 0.15) is 11.6 Å². The second-order valence-electron chi connectivity index (χ2n) is 6.83. The maximum atomic E-state index is 13.5. The Balaban J connectivity index is 1.78. The van der Waals surface area contributed by atoms with E-state index < -0.39 is 11.8 Å². The smallest absolute Gasteiger partial charge is 0.328 e. The molecule has 0 saturated heterocycles. The summed E-state index contributed by atoms with van der Waals surface area (Å²) in [5, 5.41) is 11.9. The number of aliphatic carboxylic acids is 1. The number of rotatable bonds is 6. The second kappa shape index (κ2) is 8.99. The minimum Gasteiger partial charge on any atom is -0.478 e. The number of carboxylic acid groups (broad SMARTS) is 1. The van der Waals surface area contributed by atoms with Gasteiger partial charge in [-0.05, 0) is 48.4 Å². The first-order chi connectivity index (χ1) is 15.4. The summed E-state index contributed by atoms with van der Waals surface area (Å²) in [4.78, 5) is 24.2. The summed E-state index contributed by atoms with van der Waals surface area (Å²) in [5.74, 6) is 0.0546. The van der Waals surface area contributed by atoms with Crippen LogP contribution in [0.25, 0.3) is 23.0 Å². The molecule has 4 aromatic rings. The normalized spacial score (nSPS) is 11.1. The first-order valence-electron chi connectivity index (χ1n) is 9.51. The highest BCUT2D eigenvalue weighted by Gasteiger charge is 2.14. The van der Waals surface area contributed by atoms with Gasteiger partial charge in [0.15, 0.2) is 5.82 Å². The molecule has 2 heterocycles. The van der Waals surface area contributed by atoms with Gasteiger partial charge in [0.05, 0.1) is 5.02 Å². The number of imidazole rings is 1. The van der Waals surface area contributed by atoms with Gasteiger partial charge in [-0.3, -0.25) is 4.57 Å². The molecule has 32 heavy (non-hydrogen) atoms. The van der Waals surface area contributed by atoms with Crippen molar-refractivity contribution >= 4 is 35.3 Å². The van der Waals surface area contributed by atoms with Gasteiger partial charge in [0.2, 0.25) is 5.95 Å². The van der Waals surface area contributed by atoms with E-state index in [1.54, 1.807) is 30.7 Å². The molecule has 2 N–H and O–H groups in total. The maximum absolute atomic E-state index is 13.5. The molecular formula is C23H17ClFN5O2. The number of aryl methyl sites for hydroxylation is 1. The van der Waals surface area contributed by atoms with Crippen LogP contribution in [0, 0.1) is 12.7 Å². The molecule has 9 heteroatoms. The largest absolute Gasteiger partial charge is 0.478 e. The Hall–Kier alpha value is -4.04. The summed E-state index contributed by atoms with van der Waals surface area (Å²) in [6.45, 7) is 1.85. The fourth-order valence-corrected chi connectivity index (χ4v) is 3.28. The Morgan fingerprint density at radius 3 is 2.78 bits per heavy atom. The van der Waals surface area contributed by atoms with Gasteiger partial charge >= 0.3 is 5.97 Å². The van der Waals surface area contributed by atoms with Crippen molar-refractivity contribution in [3.05, 3.63) is 89.4 Å². The van der Waals surface area contributed by atoms with Crippen molar-refractivity contribution in [3.8, 4) is 16.9 Å². The minimum atomic E-state index is -1.02. The quantitative estimate of drug-likeness (QED) is 0.389. The number of nitrogens with one attached hydrogen (secondary N) is 1. The first-order valence-corrected chi connectivity index (χ1v) is 9.89. The average molecular weight is 450 g/mol. The Bertz CT molecular complexity index is 1340. The van der Waals surface area contributed by atoms with Crippen LogP contribution in [-0.4, -0.2) is 30.6 Å². The van der Waals surface area contributed by atoms with Crippen molar-refractivity contribution in [2.45, 2.75) is 6.92 Å². The van der Waals surface area contributed by atoms with Gasteiger partial charge in [-0.1, -0.05) is 29.8 Å². The topological polar surface area (TPSA) is 92.9 Å². The van der Waals surface area contributed by atoms with Crippen LogP contribution >= 0.6 is 11.6 Å². The summed E-state index contributed by atoms with van der Waals surface area (Å²) in [5.41, 5.74) is 2.79. The van der Waals surface area contributed by atoms with Crippen molar-refractivity contribution in [2.24, 2.45) is 0 Å². The highest BCUT2D eigenvalue weighted by atomic mass is 35.5. The minimum absolute atomic E-state index is 0.0106. The summed E-state index contributed by atoms with van der Waals surface area (Å²) >= 11 is 5.87. The van der Waals surface area contributed by atoms with E-state index in [0.29, 0.717) is 17.5 Å². The van der Waals surface area contributed by atoms with Gasteiger partial charge < -0.3 is 10.4 Å². The number of aromatic nitrogens is 4. The lowest BCUT2D eigenvalue weighted by molar-refractivity contribution is -0.131. The number of carbonyl (C=O) groups is 1. The molecule has 0 spiro atoms. The lowest BCUT2D eigenvalue weighted by atomic mass is 10.0. The van der Waals surface area contributed by atoms with Crippen molar-refractivity contribution in [1.29, 1.82) is 0 Å². The third-order valence-electron chi connectivity index (χ3n) is 4.61. The highest BCUT2D eigenvalue weighted by molar-refractivity contribution is 6.31. The van der Waals surface area contributed by atoms with Crippen LogP contribution in [0.2, 0.25) is 5.02 Å². The molecule has 0 saturated carbocycles. The van der Waals surface area contributed by atoms with Gasteiger partial charge in [-0.15, -0.1) is 0 Å². The summed E-state index contributed by atoms with van der Waals surface area (Å²) in [6.07, 6.45) is 7.71. The molecule has 0 fully saturated rings. The summed E-state index contributed by atoms with van der Waals surface area (Å²) < 4.78 is 15.3. The van der Waals surface area contributed by atoms with Crippen molar-refractivity contribution in [2.75, 3.05) is 5.32 Å². The standard InChI is InChI=1S/C23H17ClFN5O2/c1-14-26-9-10-30(14)22-18(16-4-2-3-15(11-16)5-8-21(31)32)13-27-23(29-22)28-17-6-7-20(25)19(24)12-17/h2-13H,1H3,(H,31,32)(H,27,28,29)/b8-5+. The van der Waals surface area contributed by atoms with Gasteiger partial charge in [-0.25, -0.2) is 19.2 Å². The SMILES string of the molecule is Cc1nccn1-c1nc(Nc2ccc(F)c(Cl)c2)ncc1-c1cccc(/C=C/C(=O)O)c1. The molecule has 2 aromatic carbocycles. The Labute approximate surface area is 187 Å². The zero-order valence-electron chi connectivity index (χ0n) is 16.8. The van der Waals surface area contributed by atoms with E-state index in [4.69, 9.17) is 16.7 Å². The van der Waals surface area contributed by atoms with Crippen LogP contribution in [0.5, 0.6) is 0 Å². The molecule has 0 amide bonds. The van der Waals surface area contributed by atoms with Crippen LogP contribution in [-0.2, 0) is 4.79 Å². The van der Waals surface area contributed by atoms with E-state index >= 15 is 0 Å². The fraction of sp³-hybridized carbons (Fsp3) is 0.0435. The van der Waals surface area contributed by atoms with Crippen LogP contribution in [0.1, 0.15) is 11.4 Å². The predicted octanol–water partition coefficient (Wildman–Crippen LogP) is 5.27. The lowest BCUT2D eigenvalue weighted by Crippen LogP contribution is -2.06. The number of carboxylic acids is 1. The maximum Gasteiger partial charge on any atom is 0.328 e. The number of benzene rings is 2. The van der Waals surface area contributed by atoms with Gasteiger partial charge in [0.25, 0.3) is 0 Å². The van der Waals surface area contributed by atoms with Crippen LogP contribution in [0.3, 0.4) is 0 Å². The Morgan fingerprint density at radius 2 is 2.06 bits per heavy atom. The second-order valence-corrected chi connectivity index (χ2v) is 7.23. The molecule has 0 atom stereocenters. The van der Waals surface area contributed by atoms with Crippen LogP contribution in [0.4, 0.5) is 16.0 Å². The van der Waals surface area contributed by atoms with E-state index in [-0.39, 0.29) is 5.02 Å². The number of nitrogens with zero attached hydrogens (tertiary/aromatic N) is 4. The molecule has 0 unspecified atom stereocenters. The monoisotopic (exact) mass is 449 g/mol. The molecule has 0 aliphatic heterocycles. The number of halogens is 2. The summed E-state index contributed by atoms with van der Waals surface area (Å²) in [6, 6.07) is 11.6. The van der Waals surface area contributed by atoms with E-state index in [9.17, 15) is 9.18 Å². The fourth-order valence-electron chi connectivity index (χ4n) is 3.10. The molecule has 7 nitrogen and oxygen atoms in total. The molecule has 0 radical (unpaired) electrons. The van der Waals surface area contributed by atoms with E-state index in [1.807, 2.05) is 29.7 Å². The van der Waals surface area contributed by atoms with Crippen molar-refractivity contribution in [1.82, 2.24) is 19.5 Å². The van der Waals surface area contributed by atoms with E-state index in [0.717, 1.165) is 28.6 Å². The van der Waals surface area contributed by atoms with Crippen molar-refractivity contribution in [3.63, 3.8) is 0 Å². The molecule has 0 bridgehead atoms. The Morgan fingerprint density at radius 1 is 1.22 bits per heavy atom. The summed E-state index contributed by atoms with van der Waals surface area (Å²) in [7, 11) is 0. The first kappa shape index (κ1) is 21.2. The van der Waals surface area contributed by atoms with E-state index in [1.165, 1.54) is 18.2 Å². The number of hydrogen-bond acceptors (Lipinski definition) is 5. The van der Waals surface area contributed by atoms with E-state index in [2.05, 4.69) is 20.3 Å². The third kappa shape index (κ3) is 4.65. The lowest BCUT2D eigenvalue weighted by Gasteiger charge is -2.14. The zero-order chi connectivity index (χ0) is 22.7.